The zero-order valence-electron chi connectivity index (χ0n) is 8.08. The van der Waals surface area contributed by atoms with Crippen LogP contribution in [0, 0.1) is 13.8 Å². The third kappa shape index (κ3) is 3.21. The van der Waals surface area contributed by atoms with Crippen molar-refractivity contribution in [3.8, 4) is 0 Å². The molecule has 72 valence electrons. The van der Waals surface area contributed by atoms with Crippen LogP contribution in [-0.2, 0) is 0 Å². The number of rotatable bonds is 2. The molecule has 13 heavy (non-hydrogen) atoms. The summed E-state index contributed by atoms with van der Waals surface area (Å²) in [6.07, 6.45) is 1.76. The highest BCUT2D eigenvalue weighted by molar-refractivity contribution is 5.85. The molecule has 2 heteroatoms. The molecule has 0 bridgehead atoms. The van der Waals surface area contributed by atoms with Gasteiger partial charge in [0.15, 0.2) is 0 Å². The lowest BCUT2D eigenvalue weighted by atomic mass is 10.0. The van der Waals surface area contributed by atoms with Gasteiger partial charge in [0.05, 0.1) is 0 Å². The number of hydrogen-bond acceptors (Lipinski definition) is 1. The average molecular weight is 198 g/mol. The van der Waals surface area contributed by atoms with Crippen molar-refractivity contribution in [2.24, 2.45) is 5.73 Å². The molecule has 0 spiro atoms. The van der Waals surface area contributed by atoms with E-state index in [-0.39, 0.29) is 18.4 Å². The largest absolute Gasteiger partial charge is 0.321 e. The van der Waals surface area contributed by atoms with Crippen LogP contribution in [0.15, 0.2) is 30.9 Å². The number of aryl methyl sites for hydroxylation is 2. The molecule has 0 saturated carbocycles. The van der Waals surface area contributed by atoms with Gasteiger partial charge in [0, 0.05) is 6.04 Å². The molecule has 0 unspecified atom stereocenters. The molecule has 0 aliphatic carbocycles. The number of hydrogen-bond donors (Lipinski definition) is 1. The normalized spacial score (nSPS) is 11.6. The topological polar surface area (TPSA) is 26.0 Å². The Morgan fingerprint density at radius 2 is 1.69 bits per heavy atom. The van der Waals surface area contributed by atoms with Crippen molar-refractivity contribution in [2.45, 2.75) is 19.9 Å². The summed E-state index contributed by atoms with van der Waals surface area (Å²) in [7, 11) is 0. The second-order valence-corrected chi connectivity index (χ2v) is 3.18. The van der Waals surface area contributed by atoms with Crippen LogP contribution >= 0.6 is 12.4 Å². The zero-order valence-corrected chi connectivity index (χ0v) is 8.90. The predicted octanol–water partition coefficient (Wildman–Crippen LogP) is 2.91. The zero-order chi connectivity index (χ0) is 9.14. The summed E-state index contributed by atoms with van der Waals surface area (Å²) in [4.78, 5) is 0. The molecule has 1 aromatic rings. The van der Waals surface area contributed by atoms with E-state index in [0.717, 1.165) is 5.56 Å². The van der Waals surface area contributed by atoms with E-state index in [1.807, 2.05) is 0 Å². The Hall–Kier alpha value is -0.790. The maximum absolute atomic E-state index is 5.81. The van der Waals surface area contributed by atoms with Crippen LogP contribution in [0.25, 0.3) is 0 Å². The monoisotopic (exact) mass is 197 g/mol. The van der Waals surface area contributed by atoms with Crippen LogP contribution in [0.3, 0.4) is 0 Å². The van der Waals surface area contributed by atoms with Gasteiger partial charge in [-0.05, 0) is 19.4 Å². The molecular weight excluding hydrogens is 182 g/mol. The van der Waals surface area contributed by atoms with Gasteiger partial charge in [0.25, 0.3) is 0 Å². The van der Waals surface area contributed by atoms with Crippen molar-refractivity contribution in [1.82, 2.24) is 0 Å². The third-order valence-corrected chi connectivity index (χ3v) is 1.88. The van der Waals surface area contributed by atoms with Crippen molar-refractivity contribution in [1.29, 1.82) is 0 Å². The van der Waals surface area contributed by atoms with Gasteiger partial charge < -0.3 is 5.73 Å². The summed E-state index contributed by atoms with van der Waals surface area (Å²) in [5.41, 5.74) is 9.46. The molecule has 0 amide bonds. The summed E-state index contributed by atoms with van der Waals surface area (Å²) >= 11 is 0. The Bertz CT molecular complexity index is 274. The molecule has 0 aromatic heterocycles. The summed E-state index contributed by atoms with van der Waals surface area (Å²) in [6.45, 7) is 7.82. The Balaban J connectivity index is 0.00000144. The van der Waals surface area contributed by atoms with Gasteiger partial charge in [-0.15, -0.1) is 19.0 Å². The summed E-state index contributed by atoms with van der Waals surface area (Å²) in [5, 5.41) is 0. The van der Waals surface area contributed by atoms with E-state index in [1.165, 1.54) is 11.1 Å². The molecule has 0 fully saturated rings. The lowest BCUT2D eigenvalue weighted by Crippen LogP contribution is -2.06. The Kier molecular flexibility index (Phi) is 4.74. The van der Waals surface area contributed by atoms with Crippen LogP contribution in [0.4, 0.5) is 0 Å². The maximum atomic E-state index is 5.81. The molecule has 0 radical (unpaired) electrons. The SMILES string of the molecule is C=C[C@@H](N)c1cc(C)cc(C)c1.Cl. The van der Waals surface area contributed by atoms with Gasteiger partial charge in [0.1, 0.15) is 0 Å². The van der Waals surface area contributed by atoms with Gasteiger partial charge >= 0.3 is 0 Å². The van der Waals surface area contributed by atoms with Gasteiger partial charge in [-0.2, -0.15) is 0 Å². The molecule has 1 rings (SSSR count). The summed E-state index contributed by atoms with van der Waals surface area (Å²) in [6, 6.07) is 6.29. The highest BCUT2D eigenvalue weighted by Crippen LogP contribution is 2.15. The molecule has 0 saturated heterocycles. The number of benzene rings is 1. The highest BCUT2D eigenvalue weighted by atomic mass is 35.5. The lowest BCUT2D eigenvalue weighted by molar-refractivity contribution is 0.910. The quantitative estimate of drug-likeness (QED) is 0.725. The minimum absolute atomic E-state index is 0. The van der Waals surface area contributed by atoms with Crippen LogP contribution in [0.5, 0.6) is 0 Å². The van der Waals surface area contributed by atoms with E-state index < -0.39 is 0 Å². The first-order chi connectivity index (χ1) is 5.63. The van der Waals surface area contributed by atoms with Gasteiger partial charge in [-0.1, -0.05) is 35.4 Å². The molecular formula is C11H16ClN. The fourth-order valence-corrected chi connectivity index (χ4v) is 1.34. The predicted molar refractivity (Wildman–Crippen MR) is 60.3 cm³/mol. The molecule has 0 aliphatic rings. The molecule has 1 nitrogen and oxygen atoms in total. The molecule has 0 heterocycles. The van der Waals surface area contributed by atoms with E-state index in [4.69, 9.17) is 5.73 Å². The summed E-state index contributed by atoms with van der Waals surface area (Å²) in [5.74, 6) is 0. The lowest BCUT2D eigenvalue weighted by Gasteiger charge is -2.08. The number of halogens is 1. The fraction of sp³-hybridized carbons (Fsp3) is 0.273. The first kappa shape index (κ1) is 12.2. The van der Waals surface area contributed by atoms with Crippen molar-refractivity contribution in [2.75, 3.05) is 0 Å². The van der Waals surface area contributed by atoms with Gasteiger partial charge in [-0.25, -0.2) is 0 Å². The summed E-state index contributed by atoms with van der Waals surface area (Å²) < 4.78 is 0. The third-order valence-electron chi connectivity index (χ3n) is 1.88. The highest BCUT2D eigenvalue weighted by Gasteiger charge is 2.01. The van der Waals surface area contributed by atoms with Gasteiger partial charge in [-0.3, -0.25) is 0 Å². The Morgan fingerprint density at radius 3 is 2.08 bits per heavy atom. The smallest absolute Gasteiger partial charge is 0.0478 e. The van der Waals surface area contributed by atoms with Gasteiger partial charge in [0.2, 0.25) is 0 Å². The Labute approximate surface area is 86.1 Å². The van der Waals surface area contributed by atoms with Crippen LogP contribution in [0.1, 0.15) is 22.7 Å². The second-order valence-electron chi connectivity index (χ2n) is 3.18. The Morgan fingerprint density at radius 1 is 1.23 bits per heavy atom. The first-order valence-corrected chi connectivity index (χ1v) is 4.10. The van der Waals surface area contributed by atoms with E-state index in [2.05, 4.69) is 38.6 Å². The minimum atomic E-state index is -0.0383. The first-order valence-electron chi connectivity index (χ1n) is 4.10. The standard InChI is InChI=1S/C11H15N.ClH/c1-4-11(12)10-6-8(2)5-9(3)7-10;/h4-7,11H,1,12H2,2-3H3;1H/t11-;/m1./s1. The van der Waals surface area contributed by atoms with Crippen molar-refractivity contribution >= 4 is 12.4 Å². The van der Waals surface area contributed by atoms with Crippen LogP contribution < -0.4 is 5.73 Å². The van der Waals surface area contributed by atoms with E-state index >= 15 is 0 Å². The van der Waals surface area contributed by atoms with E-state index in [9.17, 15) is 0 Å². The molecule has 0 aliphatic heterocycles. The van der Waals surface area contributed by atoms with Crippen LogP contribution in [0.2, 0.25) is 0 Å². The fourth-order valence-electron chi connectivity index (χ4n) is 1.34. The van der Waals surface area contributed by atoms with Crippen LogP contribution in [-0.4, -0.2) is 0 Å². The maximum Gasteiger partial charge on any atom is 0.0478 e. The molecule has 1 aromatic carbocycles. The molecule has 1 atom stereocenters. The van der Waals surface area contributed by atoms with E-state index in [1.54, 1.807) is 6.08 Å². The van der Waals surface area contributed by atoms with Crippen molar-refractivity contribution < 1.29 is 0 Å². The van der Waals surface area contributed by atoms with Crippen molar-refractivity contribution in [3.05, 3.63) is 47.5 Å². The van der Waals surface area contributed by atoms with Crippen molar-refractivity contribution in [3.63, 3.8) is 0 Å². The van der Waals surface area contributed by atoms with E-state index in [0.29, 0.717) is 0 Å². The number of nitrogens with two attached hydrogens (primary N) is 1. The minimum Gasteiger partial charge on any atom is -0.321 e. The molecule has 2 N–H and O–H groups in total. The second kappa shape index (κ2) is 5.05. The average Bonchev–Trinajstić information content (AvgIpc) is 2.01.